The van der Waals surface area contributed by atoms with E-state index in [2.05, 4.69) is 10.1 Å². The van der Waals surface area contributed by atoms with Crippen LogP contribution in [0, 0.1) is 0 Å². The van der Waals surface area contributed by atoms with Gasteiger partial charge >= 0.3 is 0 Å². The Bertz CT molecular complexity index is 462. The Labute approximate surface area is 92.1 Å². The molecular formula is C10H11N5O. The highest BCUT2D eigenvalue weighted by Crippen LogP contribution is 2.01. The SMILES string of the molecule is NNC(=O)c1ccc(Cn2cccn2)nc1. The molecule has 0 atom stereocenters. The number of hydrogen-bond donors (Lipinski definition) is 2. The normalized spacial score (nSPS) is 10.1. The molecule has 2 aromatic heterocycles. The summed E-state index contributed by atoms with van der Waals surface area (Å²) in [4.78, 5) is 15.3. The number of nitrogen functional groups attached to an aromatic ring is 1. The Morgan fingerprint density at radius 1 is 1.50 bits per heavy atom. The van der Waals surface area contributed by atoms with Crippen LogP contribution < -0.4 is 11.3 Å². The third kappa shape index (κ3) is 2.23. The number of amides is 1. The first-order valence-corrected chi connectivity index (χ1v) is 4.73. The number of pyridine rings is 1. The highest BCUT2D eigenvalue weighted by atomic mass is 16.2. The van der Waals surface area contributed by atoms with E-state index in [0.29, 0.717) is 12.1 Å². The minimum Gasteiger partial charge on any atom is -0.290 e. The number of aromatic nitrogens is 3. The summed E-state index contributed by atoms with van der Waals surface area (Å²) in [7, 11) is 0. The van der Waals surface area contributed by atoms with Gasteiger partial charge in [0.05, 0.1) is 17.8 Å². The molecule has 0 radical (unpaired) electrons. The third-order valence-corrected chi connectivity index (χ3v) is 2.10. The topological polar surface area (TPSA) is 85.8 Å². The van der Waals surface area contributed by atoms with Crippen molar-refractivity contribution in [2.24, 2.45) is 5.84 Å². The number of hydrazine groups is 1. The van der Waals surface area contributed by atoms with E-state index in [1.165, 1.54) is 6.20 Å². The fourth-order valence-corrected chi connectivity index (χ4v) is 1.30. The lowest BCUT2D eigenvalue weighted by Crippen LogP contribution is -2.30. The van der Waals surface area contributed by atoms with E-state index < -0.39 is 0 Å². The van der Waals surface area contributed by atoms with Crippen molar-refractivity contribution in [2.45, 2.75) is 6.54 Å². The molecule has 16 heavy (non-hydrogen) atoms. The van der Waals surface area contributed by atoms with Crippen LogP contribution in [0.3, 0.4) is 0 Å². The lowest BCUT2D eigenvalue weighted by Gasteiger charge is -2.02. The molecule has 0 unspecified atom stereocenters. The Morgan fingerprint density at radius 3 is 2.94 bits per heavy atom. The summed E-state index contributed by atoms with van der Waals surface area (Å²) in [6.07, 6.45) is 5.04. The molecule has 82 valence electrons. The highest BCUT2D eigenvalue weighted by molar-refractivity contribution is 5.93. The van der Waals surface area contributed by atoms with Gasteiger partial charge in [-0.15, -0.1) is 0 Å². The summed E-state index contributed by atoms with van der Waals surface area (Å²) in [6, 6.07) is 5.29. The van der Waals surface area contributed by atoms with Gasteiger partial charge < -0.3 is 0 Å². The van der Waals surface area contributed by atoms with Gasteiger partial charge in [0.2, 0.25) is 0 Å². The first kappa shape index (κ1) is 10.3. The van der Waals surface area contributed by atoms with Crippen molar-refractivity contribution in [3.05, 3.63) is 48.0 Å². The molecule has 0 aliphatic heterocycles. The average Bonchev–Trinajstić information content (AvgIpc) is 2.82. The predicted molar refractivity (Wildman–Crippen MR) is 57.2 cm³/mol. The molecule has 0 fully saturated rings. The summed E-state index contributed by atoms with van der Waals surface area (Å²) in [5.41, 5.74) is 3.32. The van der Waals surface area contributed by atoms with E-state index in [9.17, 15) is 4.79 Å². The fraction of sp³-hybridized carbons (Fsp3) is 0.100. The molecule has 0 spiro atoms. The molecule has 0 aliphatic rings. The maximum atomic E-state index is 11.1. The lowest BCUT2D eigenvalue weighted by atomic mass is 10.2. The minimum atomic E-state index is -0.349. The maximum absolute atomic E-state index is 11.1. The van der Waals surface area contributed by atoms with E-state index in [0.717, 1.165) is 5.69 Å². The quantitative estimate of drug-likeness (QED) is 0.428. The Morgan fingerprint density at radius 2 is 2.38 bits per heavy atom. The van der Waals surface area contributed by atoms with Crippen LogP contribution in [-0.2, 0) is 6.54 Å². The van der Waals surface area contributed by atoms with Gasteiger partial charge in [0, 0.05) is 18.6 Å². The molecule has 2 heterocycles. The molecule has 6 heteroatoms. The van der Waals surface area contributed by atoms with E-state index in [1.54, 1.807) is 23.0 Å². The number of nitrogens with zero attached hydrogens (tertiary/aromatic N) is 3. The van der Waals surface area contributed by atoms with Gasteiger partial charge in [-0.25, -0.2) is 5.84 Å². The number of hydrogen-bond acceptors (Lipinski definition) is 4. The van der Waals surface area contributed by atoms with Crippen LogP contribution >= 0.6 is 0 Å². The Hall–Kier alpha value is -2.21. The first-order chi connectivity index (χ1) is 7.79. The van der Waals surface area contributed by atoms with E-state index in [-0.39, 0.29) is 5.91 Å². The van der Waals surface area contributed by atoms with Crippen molar-refractivity contribution >= 4 is 5.91 Å². The first-order valence-electron chi connectivity index (χ1n) is 4.73. The molecular weight excluding hydrogens is 206 g/mol. The molecule has 6 nitrogen and oxygen atoms in total. The van der Waals surface area contributed by atoms with Gasteiger partial charge in [0.25, 0.3) is 5.91 Å². The largest absolute Gasteiger partial charge is 0.290 e. The van der Waals surface area contributed by atoms with Crippen LogP contribution in [0.15, 0.2) is 36.8 Å². The summed E-state index contributed by atoms with van der Waals surface area (Å²) >= 11 is 0. The Balaban J connectivity index is 2.10. The zero-order chi connectivity index (χ0) is 11.4. The van der Waals surface area contributed by atoms with Crippen LogP contribution in [-0.4, -0.2) is 20.7 Å². The van der Waals surface area contributed by atoms with Gasteiger partial charge in [0.1, 0.15) is 0 Å². The molecule has 2 rings (SSSR count). The van der Waals surface area contributed by atoms with Crippen molar-refractivity contribution in [1.29, 1.82) is 0 Å². The number of nitrogens with two attached hydrogens (primary N) is 1. The van der Waals surface area contributed by atoms with Crippen LogP contribution in [0.2, 0.25) is 0 Å². The van der Waals surface area contributed by atoms with Crippen molar-refractivity contribution in [3.63, 3.8) is 0 Å². The second-order valence-electron chi connectivity index (χ2n) is 3.22. The van der Waals surface area contributed by atoms with Crippen molar-refractivity contribution in [2.75, 3.05) is 0 Å². The second kappa shape index (κ2) is 4.54. The second-order valence-corrected chi connectivity index (χ2v) is 3.22. The molecule has 0 bridgehead atoms. The molecule has 2 aromatic rings. The maximum Gasteiger partial charge on any atom is 0.266 e. The molecule has 0 aromatic carbocycles. The van der Waals surface area contributed by atoms with Crippen LogP contribution in [0.4, 0.5) is 0 Å². The van der Waals surface area contributed by atoms with Crippen molar-refractivity contribution < 1.29 is 4.79 Å². The van der Waals surface area contributed by atoms with Crippen LogP contribution in [0.25, 0.3) is 0 Å². The summed E-state index contributed by atoms with van der Waals surface area (Å²) < 4.78 is 1.75. The van der Waals surface area contributed by atoms with Gasteiger partial charge in [-0.3, -0.25) is 19.9 Å². The van der Waals surface area contributed by atoms with Crippen LogP contribution in [0.5, 0.6) is 0 Å². The molecule has 0 aliphatic carbocycles. The standard InChI is InChI=1S/C10H11N5O/c11-14-10(16)8-2-3-9(12-6-8)7-15-5-1-4-13-15/h1-6H,7,11H2,(H,14,16). The zero-order valence-electron chi connectivity index (χ0n) is 8.50. The summed E-state index contributed by atoms with van der Waals surface area (Å²) in [5, 5.41) is 4.06. The van der Waals surface area contributed by atoms with Gasteiger partial charge in [0.15, 0.2) is 0 Å². The number of rotatable bonds is 3. The Kier molecular flexibility index (Phi) is 2.93. The van der Waals surface area contributed by atoms with Gasteiger partial charge in [-0.2, -0.15) is 5.10 Å². The van der Waals surface area contributed by atoms with Gasteiger partial charge in [-0.05, 0) is 18.2 Å². The fourth-order valence-electron chi connectivity index (χ4n) is 1.30. The minimum absolute atomic E-state index is 0.349. The molecule has 0 saturated heterocycles. The lowest BCUT2D eigenvalue weighted by molar-refractivity contribution is 0.0953. The number of nitrogens with one attached hydrogen (secondary N) is 1. The van der Waals surface area contributed by atoms with Crippen molar-refractivity contribution in [1.82, 2.24) is 20.2 Å². The number of carbonyl (C=O) groups excluding carboxylic acids is 1. The average molecular weight is 217 g/mol. The molecule has 1 amide bonds. The smallest absolute Gasteiger partial charge is 0.266 e. The van der Waals surface area contributed by atoms with E-state index in [4.69, 9.17) is 5.84 Å². The third-order valence-electron chi connectivity index (χ3n) is 2.10. The summed E-state index contributed by atoms with van der Waals surface area (Å²) in [5.74, 6) is 4.66. The number of carbonyl (C=O) groups is 1. The van der Waals surface area contributed by atoms with Crippen molar-refractivity contribution in [3.8, 4) is 0 Å². The van der Waals surface area contributed by atoms with Crippen LogP contribution in [0.1, 0.15) is 16.1 Å². The molecule has 0 saturated carbocycles. The summed E-state index contributed by atoms with van der Waals surface area (Å²) in [6.45, 7) is 0.581. The van der Waals surface area contributed by atoms with E-state index >= 15 is 0 Å². The van der Waals surface area contributed by atoms with E-state index in [1.807, 2.05) is 17.7 Å². The highest BCUT2D eigenvalue weighted by Gasteiger charge is 2.03. The zero-order valence-corrected chi connectivity index (χ0v) is 8.50. The monoisotopic (exact) mass is 217 g/mol. The molecule has 3 N–H and O–H groups in total. The van der Waals surface area contributed by atoms with Gasteiger partial charge in [-0.1, -0.05) is 0 Å². The predicted octanol–water partition coefficient (Wildman–Crippen LogP) is -0.0701.